The number of aliphatic hydroxyl groups excluding tert-OH is 1. The zero-order valence-corrected chi connectivity index (χ0v) is 11.2. The van der Waals surface area contributed by atoms with Gasteiger partial charge in [-0.3, -0.25) is 0 Å². The SMILES string of the molecule is CCCn1ncnc1CNCC1CCCC1CO. The third kappa shape index (κ3) is 3.29. The Labute approximate surface area is 109 Å². The topological polar surface area (TPSA) is 63.0 Å². The molecule has 2 atom stereocenters. The number of aliphatic hydroxyl groups is 1. The first-order chi connectivity index (χ1) is 8.85. The fraction of sp³-hybridized carbons (Fsp3) is 0.846. The summed E-state index contributed by atoms with van der Waals surface area (Å²) in [4.78, 5) is 4.28. The molecule has 5 nitrogen and oxygen atoms in total. The van der Waals surface area contributed by atoms with Gasteiger partial charge in [0.2, 0.25) is 0 Å². The van der Waals surface area contributed by atoms with Crippen LogP contribution in [0.2, 0.25) is 0 Å². The molecule has 1 aromatic rings. The van der Waals surface area contributed by atoms with Crippen LogP contribution in [0.5, 0.6) is 0 Å². The van der Waals surface area contributed by atoms with Crippen LogP contribution in [0, 0.1) is 11.8 Å². The fourth-order valence-corrected chi connectivity index (χ4v) is 2.82. The Morgan fingerprint density at radius 2 is 2.28 bits per heavy atom. The maximum Gasteiger partial charge on any atom is 0.140 e. The molecule has 0 bridgehead atoms. The van der Waals surface area contributed by atoms with Crippen molar-refractivity contribution in [3.05, 3.63) is 12.2 Å². The summed E-state index contributed by atoms with van der Waals surface area (Å²) >= 11 is 0. The highest BCUT2D eigenvalue weighted by Crippen LogP contribution is 2.30. The van der Waals surface area contributed by atoms with Crippen molar-refractivity contribution in [1.29, 1.82) is 0 Å². The molecule has 102 valence electrons. The second kappa shape index (κ2) is 6.85. The van der Waals surface area contributed by atoms with Crippen LogP contribution in [-0.4, -0.2) is 33.0 Å². The minimum atomic E-state index is 0.332. The molecule has 2 unspecified atom stereocenters. The fourth-order valence-electron chi connectivity index (χ4n) is 2.82. The van der Waals surface area contributed by atoms with Crippen LogP contribution < -0.4 is 5.32 Å². The highest BCUT2D eigenvalue weighted by Gasteiger charge is 2.25. The maximum absolute atomic E-state index is 9.28. The first-order valence-electron chi connectivity index (χ1n) is 7.03. The first kappa shape index (κ1) is 13.5. The summed E-state index contributed by atoms with van der Waals surface area (Å²) in [6.45, 7) is 5.15. The van der Waals surface area contributed by atoms with E-state index in [1.807, 2.05) is 4.68 Å². The van der Waals surface area contributed by atoms with Gasteiger partial charge in [0.15, 0.2) is 0 Å². The van der Waals surface area contributed by atoms with E-state index in [4.69, 9.17) is 0 Å². The van der Waals surface area contributed by atoms with Gasteiger partial charge in [-0.2, -0.15) is 5.10 Å². The van der Waals surface area contributed by atoms with Crippen molar-refractivity contribution in [3.63, 3.8) is 0 Å². The molecule has 1 heterocycles. The van der Waals surface area contributed by atoms with Gasteiger partial charge in [0, 0.05) is 13.2 Å². The molecule has 0 amide bonds. The molecule has 0 aliphatic heterocycles. The third-order valence-corrected chi connectivity index (χ3v) is 3.87. The van der Waals surface area contributed by atoms with Gasteiger partial charge in [-0.15, -0.1) is 0 Å². The zero-order chi connectivity index (χ0) is 12.8. The lowest BCUT2D eigenvalue weighted by Crippen LogP contribution is -2.27. The van der Waals surface area contributed by atoms with E-state index in [0.29, 0.717) is 18.4 Å². The van der Waals surface area contributed by atoms with E-state index in [1.54, 1.807) is 6.33 Å². The molecule has 1 aliphatic rings. The summed E-state index contributed by atoms with van der Waals surface area (Å²) in [6, 6.07) is 0. The van der Waals surface area contributed by atoms with Crippen LogP contribution in [0.3, 0.4) is 0 Å². The highest BCUT2D eigenvalue weighted by atomic mass is 16.3. The number of hydrogen-bond acceptors (Lipinski definition) is 4. The maximum atomic E-state index is 9.28. The second-order valence-corrected chi connectivity index (χ2v) is 5.16. The van der Waals surface area contributed by atoms with Gasteiger partial charge in [0.25, 0.3) is 0 Å². The Morgan fingerprint density at radius 1 is 1.44 bits per heavy atom. The van der Waals surface area contributed by atoms with Crippen LogP contribution >= 0.6 is 0 Å². The second-order valence-electron chi connectivity index (χ2n) is 5.16. The molecule has 1 fully saturated rings. The molecular formula is C13H24N4O. The Bertz CT molecular complexity index is 353. The molecular weight excluding hydrogens is 228 g/mol. The van der Waals surface area contributed by atoms with Crippen molar-refractivity contribution >= 4 is 0 Å². The lowest BCUT2D eigenvalue weighted by molar-refractivity contribution is 0.192. The van der Waals surface area contributed by atoms with Crippen molar-refractivity contribution in [1.82, 2.24) is 20.1 Å². The van der Waals surface area contributed by atoms with Crippen molar-refractivity contribution in [2.75, 3.05) is 13.2 Å². The van der Waals surface area contributed by atoms with Gasteiger partial charge in [0.05, 0.1) is 6.54 Å². The van der Waals surface area contributed by atoms with E-state index >= 15 is 0 Å². The van der Waals surface area contributed by atoms with E-state index in [0.717, 1.165) is 31.9 Å². The van der Waals surface area contributed by atoms with Gasteiger partial charge in [-0.05, 0) is 37.6 Å². The van der Waals surface area contributed by atoms with E-state index < -0.39 is 0 Å². The van der Waals surface area contributed by atoms with Crippen molar-refractivity contribution in [3.8, 4) is 0 Å². The van der Waals surface area contributed by atoms with Crippen LogP contribution in [0.4, 0.5) is 0 Å². The molecule has 0 saturated heterocycles. The minimum Gasteiger partial charge on any atom is -0.396 e. The average molecular weight is 252 g/mol. The molecule has 0 radical (unpaired) electrons. The summed E-state index contributed by atoms with van der Waals surface area (Å²) in [5, 5.41) is 17.0. The number of nitrogens with zero attached hydrogens (tertiary/aromatic N) is 3. The van der Waals surface area contributed by atoms with Crippen molar-refractivity contribution in [2.45, 2.75) is 45.7 Å². The largest absolute Gasteiger partial charge is 0.396 e. The van der Waals surface area contributed by atoms with Gasteiger partial charge in [-0.25, -0.2) is 9.67 Å². The summed E-state index contributed by atoms with van der Waals surface area (Å²) < 4.78 is 1.96. The van der Waals surface area contributed by atoms with Crippen LogP contribution in [0.1, 0.15) is 38.4 Å². The monoisotopic (exact) mass is 252 g/mol. The quantitative estimate of drug-likeness (QED) is 0.765. The average Bonchev–Trinajstić information content (AvgIpc) is 2.99. The minimum absolute atomic E-state index is 0.332. The Morgan fingerprint density at radius 3 is 3.06 bits per heavy atom. The van der Waals surface area contributed by atoms with Crippen LogP contribution in [0.15, 0.2) is 6.33 Å². The third-order valence-electron chi connectivity index (χ3n) is 3.87. The predicted molar refractivity (Wildman–Crippen MR) is 69.9 cm³/mol. The van der Waals surface area contributed by atoms with Crippen molar-refractivity contribution in [2.24, 2.45) is 11.8 Å². The number of aromatic nitrogens is 3. The molecule has 1 saturated carbocycles. The molecule has 2 rings (SSSR count). The van der Waals surface area contributed by atoms with Gasteiger partial charge in [-0.1, -0.05) is 13.3 Å². The molecule has 1 aliphatic carbocycles. The Kier molecular flexibility index (Phi) is 5.13. The summed E-state index contributed by atoms with van der Waals surface area (Å²) in [6.07, 6.45) is 6.36. The van der Waals surface area contributed by atoms with E-state index in [9.17, 15) is 5.11 Å². The Hall–Kier alpha value is -0.940. The molecule has 2 N–H and O–H groups in total. The molecule has 18 heavy (non-hydrogen) atoms. The van der Waals surface area contributed by atoms with Gasteiger partial charge >= 0.3 is 0 Å². The molecule has 5 heteroatoms. The molecule has 0 spiro atoms. The summed E-state index contributed by atoms with van der Waals surface area (Å²) in [5.41, 5.74) is 0. The van der Waals surface area contributed by atoms with E-state index in [1.165, 1.54) is 19.3 Å². The number of hydrogen-bond donors (Lipinski definition) is 2. The first-order valence-corrected chi connectivity index (χ1v) is 7.03. The number of rotatable bonds is 7. The van der Waals surface area contributed by atoms with Crippen LogP contribution in [0.25, 0.3) is 0 Å². The Balaban J connectivity index is 1.76. The number of aryl methyl sites for hydroxylation is 1. The normalized spacial score (nSPS) is 23.7. The smallest absolute Gasteiger partial charge is 0.140 e. The van der Waals surface area contributed by atoms with Gasteiger partial charge < -0.3 is 10.4 Å². The summed E-state index contributed by atoms with van der Waals surface area (Å²) in [7, 11) is 0. The molecule has 0 aromatic carbocycles. The van der Waals surface area contributed by atoms with E-state index in [-0.39, 0.29) is 0 Å². The molecule has 1 aromatic heterocycles. The lowest BCUT2D eigenvalue weighted by atomic mass is 9.97. The van der Waals surface area contributed by atoms with E-state index in [2.05, 4.69) is 22.3 Å². The van der Waals surface area contributed by atoms with Crippen molar-refractivity contribution < 1.29 is 5.11 Å². The predicted octanol–water partition coefficient (Wildman–Crippen LogP) is 1.19. The standard InChI is InChI=1S/C13H24N4O/c1-2-6-17-13(15-10-16-17)8-14-7-11-4-3-5-12(11)9-18/h10-12,14,18H,2-9H2,1H3. The van der Waals surface area contributed by atoms with Crippen LogP contribution in [-0.2, 0) is 13.1 Å². The lowest BCUT2D eigenvalue weighted by Gasteiger charge is -2.17. The number of nitrogens with one attached hydrogen (secondary N) is 1. The van der Waals surface area contributed by atoms with Gasteiger partial charge in [0.1, 0.15) is 12.2 Å². The zero-order valence-electron chi connectivity index (χ0n) is 11.2. The summed E-state index contributed by atoms with van der Waals surface area (Å²) in [5.74, 6) is 2.12. The highest BCUT2D eigenvalue weighted by molar-refractivity contribution is 4.85.